The fourth-order valence-corrected chi connectivity index (χ4v) is 3.35. The third kappa shape index (κ3) is 3.03. The van der Waals surface area contributed by atoms with E-state index in [1.54, 1.807) is 11.0 Å². The second-order valence-electron chi connectivity index (χ2n) is 5.31. The highest BCUT2D eigenvalue weighted by atomic mass is 79.9. The van der Waals surface area contributed by atoms with Crippen LogP contribution in [0.4, 0.5) is 0 Å². The molecular formula is C18H17BrN2O2S. The SMILES string of the molecule is CCN1C(=O)/C(=C/c2ccc(-c3ccc(Br)cc3)o2)N(CC)C1=S. The van der Waals surface area contributed by atoms with Crippen LogP contribution in [-0.4, -0.2) is 33.9 Å². The molecular weight excluding hydrogens is 388 g/mol. The fourth-order valence-electron chi connectivity index (χ4n) is 2.65. The molecule has 0 unspecified atom stereocenters. The number of amides is 1. The number of hydrogen-bond acceptors (Lipinski definition) is 3. The minimum absolute atomic E-state index is 0.0778. The number of carbonyl (C=O) groups excluding carboxylic acids is 1. The molecule has 1 aromatic carbocycles. The summed E-state index contributed by atoms with van der Waals surface area (Å²) in [4.78, 5) is 16.0. The first-order chi connectivity index (χ1) is 11.5. The van der Waals surface area contributed by atoms with Crippen molar-refractivity contribution in [2.45, 2.75) is 13.8 Å². The Labute approximate surface area is 154 Å². The van der Waals surface area contributed by atoms with Crippen molar-refractivity contribution >= 4 is 45.2 Å². The molecule has 1 aliphatic heterocycles. The van der Waals surface area contributed by atoms with Crippen molar-refractivity contribution in [1.29, 1.82) is 0 Å². The van der Waals surface area contributed by atoms with Crippen LogP contribution in [-0.2, 0) is 4.79 Å². The van der Waals surface area contributed by atoms with Crippen LogP contribution in [0.15, 0.2) is 51.0 Å². The second kappa shape index (κ2) is 6.91. The number of nitrogens with zero attached hydrogens (tertiary/aromatic N) is 2. The highest BCUT2D eigenvalue weighted by Crippen LogP contribution is 2.27. The Morgan fingerprint density at radius 1 is 1.08 bits per heavy atom. The van der Waals surface area contributed by atoms with E-state index in [1.165, 1.54) is 0 Å². The monoisotopic (exact) mass is 404 g/mol. The predicted molar refractivity (Wildman–Crippen MR) is 102 cm³/mol. The summed E-state index contributed by atoms with van der Waals surface area (Å²) < 4.78 is 6.90. The minimum atomic E-state index is -0.0778. The number of thiocarbonyl (C=S) groups is 1. The van der Waals surface area contributed by atoms with E-state index in [9.17, 15) is 4.79 Å². The zero-order valence-corrected chi connectivity index (χ0v) is 15.9. The lowest BCUT2D eigenvalue weighted by atomic mass is 10.2. The number of furan rings is 1. The van der Waals surface area contributed by atoms with Crippen molar-refractivity contribution < 1.29 is 9.21 Å². The molecule has 2 aromatic rings. The molecule has 1 aliphatic rings. The molecule has 24 heavy (non-hydrogen) atoms. The maximum Gasteiger partial charge on any atom is 0.276 e. The van der Waals surface area contributed by atoms with E-state index in [4.69, 9.17) is 16.6 Å². The molecule has 1 amide bonds. The third-order valence-electron chi connectivity index (χ3n) is 3.88. The van der Waals surface area contributed by atoms with E-state index in [-0.39, 0.29) is 5.91 Å². The van der Waals surface area contributed by atoms with Crippen LogP contribution in [0.3, 0.4) is 0 Å². The maximum atomic E-state index is 12.5. The first-order valence-corrected chi connectivity index (χ1v) is 8.96. The van der Waals surface area contributed by atoms with Gasteiger partial charge in [-0.25, -0.2) is 0 Å². The summed E-state index contributed by atoms with van der Waals surface area (Å²) in [5.41, 5.74) is 1.54. The summed E-state index contributed by atoms with van der Waals surface area (Å²) in [6.45, 7) is 5.10. The number of benzene rings is 1. The van der Waals surface area contributed by atoms with Gasteiger partial charge in [0.2, 0.25) is 0 Å². The van der Waals surface area contributed by atoms with Crippen molar-refractivity contribution in [1.82, 2.24) is 9.80 Å². The van der Waals surface area contributed by atoms with E-state index in [1.807, 2.05) is 55.1 Å². The normalized spacial score (nSPS) is 16.5. The Kier molecular flexibility index (Phi) is 4.87. The number of likely N-dealkylation sites (N-methyl/N-ethyl adjacent to an activating group) is 2. The van der Waals surface area contributed by atoms with Crippen LogP contribution in [0.2, 0.25) is 0 Å². The molecule has 1 saturated heterocycles. The van der Waals surface area contributed by atoms with Crippen molar-refractivity contribution in [2.24, 2.45) is 0 Å². The highest BCUT2D eigenvalue weighted by molar-refractivity contribution is 9.10. The Balaban J connectivity index is 1.92. The summed E-state index contributed by atoms with van der Waals surface area (Å²) in [7, 11) is 0. The van der Waals surface area contributed by atoms with Gasteiger partial charge in [0.1, 0.15) is 17.2 Å². The predicted octanol–water partition coefficient (Wildman–Crippen LogP) is 4.52. The largest absolute Gasteiger partial charge is 0.457 e. The third-order valence-corrected chi connectivity index (χ3v) is 4.85. The van der Waals surface area contributed by atoms with Crippen molar-refractivity contribution in [2.75, 3.05) is 13.1 Å². The molecule has 3 rings (SSSR count). The van der Waals surface area contributed by atoms with Crippen molar-refractivity contribution in [3.63, 3.8) is 0 Å². The Hall–Kier alpha value is -1.92. The summed E-state index contributed by atoms with van der Waals surface area (Å²) in [5.74, 6) is 1.32. The van der Waals surface area contributed by atoms with Gasteiger partial charge in [-0.05, 0) is 50.3 Å². The fraction of sp³-hybridized carbons (Fsp3) is 0.222. The van der Waals surface area contributed by atoms with Gasteiger partial charge in [0.15, 0.2) is 5.11 Å². The second-order valence-corrected chi connectivity index (χ2v) is 6.60. The molecule has 0 radical (unpaired) electrons. The Morgan fingerprint density at radius 2 is 1.75 bits per heavy atom. The smallest absolute Gasteiger partial charge is 0.276 e. The lowest BCUT2D eigenvalue weighted by Crippen LogP contribution is -2.32. The minimum Gasteiger partial charge on any atom is -0.457 e. The van der Waals surface area contributed by atoms with Crippen LogP contribution in [0, 0.1) is 0 Å². The van der Waals surface area contributed by atoms with Crippen LogP contribution in [0.1, 0.15) is 19.6 Å². The lowest BCUT2D eigenvalue weighted by molar-refractivity contribution is -0.122. The molecule has 0 atom stereocenters. The zero-order valence-electron chi connectivity index (χ0n) is 13.5. The average Bonchev–Trinajstić information content (AvgIpc) is 3.12. The summed E-state index contributed by atoms with van der Waals surface area (Å²) in [5, 5.41) is 0.552. The lowest BCUT2D eigenvalue weighted by Gasteiger charge is -2.16. The van der Waals surface area contributed by atoms with E-state index in [2.05, 4.69) is 15.9 Å². The Morgan fingerprint density at radius 3 is 2.38 bits per heavy atom. The quantitative estimate of drug-likeness (QED) is 0.554. The van der Waals surface area contributed by atoms with Gasteiger partial charge in [0.25, 0.3) is 5.91 Å². The van der Waals surface area contributed by atoms with Gasteiger partial charge in [-0.2, -0.15) is 0 Å². The molecule has 1 fully saturated rings. The maximum absolute atomic E-state index is 12.5. The van der Waals surface area contributed by atoms with Crippen LogP contribution >= 0.6 is 28.1 Å². The van der Waals surface area contributed by atoms with Gasteiger partial charge in [0.05, 0.1) is 0 Å². The van der Waals surface area contributed by atoms with E-state index < -0.39 is 0 Å². The summed E-state index contributed by atoms with van der Waals surface area (Å²) in [6, 6.07) is 11.7. The van der Waals surface area contributed by atoms with Crippen LogP contribution in [0.25, 0.3) is 17.4 Å². The van der Waals surface area contributed by atoms with Gasteiger partial charge < -0.3 is 9.32 Å². The van der Waals surface area contributed by atoms with Crippen LogP contribution < -0.4 is 0 Å². The summed E-state index contributed by atoms with van der Waals surface area (Å²) in [6.07, 6.45) is 1.76. The highest BCUT2D eigenvalue weighted by Gasteiger charge is 2.36. The zero-order chi connectivity index (χ0) is 17.3. The van der Waals surface area contributed by atoms with Gasteiger partial charge in [-0.1, -0.05) is 28.1 Å². The number of carbonyl (C=O) groups is 1. The van der Waals surface area contributed by atoms with Crippen molar-refractivity contribution in [3.05, 3.63) is 52.3 Å². The average molecular weight is 405 g/mol. The molecule has 6 heteroatoms. The number of halogens is 1. The molecule has 4 nitrogen and oxygen atoms in total. The molecule has 0 aliphatic carbocycles. The molecule has 2 heterocycles. The first-order valence-electron chi connectivity index (χ1n) is 7.76. The Bertz CT molecular complexity index is 811. The standard InChI is InChI=1S/C18H17BrN2O2S/c1-3-20-15(17(22)21(4-2)18(20)24)11-14-9-10-16(23-14)12-5-7-13(19)8-6-12/h5-11H,3-4H2,1-2H3/b15-11-. The molecule has 0 spiro atoms. The van der Waals surface area contributed by atoms with Gasteiger partial charge in [-0.3, -0.25) is 9.69 Å². The number of hydrogen-bond donors (Lipinski definition) is 0. The molecule has 124 valence electrons. The molecule has 1 aromatic heterocycles. The van der Waals surface area contributed by atoms with Crippen LogP contribution in [0.5, 0.6) is 0 Å². The topological polar surface area (TPSA) is 36.7 Å². The van der Waals surface area contributed by atoms with E-state index in [0.717, 1.165) is 15.8 Å². The number of rotatable bonds is 4. The summed E-state index contributed by atoms with van der Waals surface area (Å²) >= 11 is 8.80. The van der Waals surface area contributed by atoms with Crippen molar-refractivity contribution in [3.8, 4) is 11.3 Å². The molecule has 0 N–H and O–H groups in total. The van der Waals surface area contributed by atoms with Gasteiger partial charge in [-0.15, -0.1) is 0 Å². The van der Waals surface area contributed by atoms with Gasteiger partial charge >= 0.3 is 0 Å². The van der Waals surface area contributed by atoms with Gasteiger partial charge in [0, 0.05) is 29.2 Å². The molecule has 0 saturated carbocycles. The molecule has 0 bridgehead atoms. The van der Waals surface area contributed by atoms with E-state index >= 15 is 0 Å². The first kappa shape index (κ1) is 16.9. The van der Waals surface area contributed by atoms with E-state index in [0.29, 0.717) is 29.7 Å².